The maximum Gasteiger partial charge on any atom is 0.0490 e. The Morgan fingerprint density at radius 3 is 2.70 bits per heavy atom. The highest BCUT2D eigenvalue weighted by Gasteiger charge is 1.90. The lowest BCUT2D eigenvalue weighted by atomic mass is 10.5. The van der Waals surface area contributed by atoms with Gasteiger partial charge in [0.2, 0.25) is 0 Å². The van der Waals surface area contributed by atoms with Crippen molar-refractivity contribution in [2.45, 2.75) is 26.3 Å². The molecule has 0 N–H and O–H groups in total. The van der Waals surface area contributed by atoms with Gasteiger partial charge in [-0.15, -0.1) is 6.58 Å². The number of hydrogen-bond acceptors (Lipinski definition) is 0. The summed E-state index contributed by atoms with van der Waals surface area (Å²) in [6, 6.07) is 1.43. The lowest BCUT2D eigenvalue weighted by Crippen LogP contribution is -1.92. The van der Waals surface area contributed by atoms with Crippen LogP contribution in [0.3, 0.4) is 0 Å². The van der Waals surface area contributed by atoms with Gasteiger partial charge < -0.3 is 0 Å². The second-order valence-electron chi connectivity index (χ2n) is 2.95. The fourth-order valence-corrected chi connectivity index (χ4v) is 3.50. The molecule has 0 aliphatic rings. The summed E-state index contributed by atoms with van der Waals surface area (Å²) in [5.41, 5.74) is 0. The highest BCUT2D eigenvalue weighted by Crippen LogP contribution is 2.00. The fourth-order valence-electron chi connectivity index (χ4n) is 0.813. The molecule has 0 amide bonds. The molecule has 0 heterocycles. The summed E-state index contributed by atoms with van der Waals surface area (Å²) >= 11 is 0. The zero-order valence-corrected chi connectivity index (χ0v) is 10.8. The third-order valence-electron chi connectivity index (χ3n) is 1.67. The average Bonchev–Trinajstić information content (AvgIpc) is 1.87. The van der Waals surface area contributed by atoms with Gasteiger partial charge in [0.1, 0.15) is 0 Å². The van der Waals surface area contributed by atoms with Crippen molar-refractivity contribution in [2.75, 3.05) is 0 Å². The van der Waals surface area contributed by atoms with Crippen LogP contribution in [0.25, 0.3) is 0 Å². The molecule has 2 heteroatoms. The van der Waals surface area contributed by atoms with E-state index in [-0.39, 0.29) is 9.52 Å². The minimum atomic E-state index is 0.115. The SMILES string of the molecule is C=C([SiH3])CC[SiH2]C(C)=CC. The summed E-state index contributed by atoms with van der Waals surface area (Å²) < 4.78 is 0. The Morgan fingerprint density at radius 1 is 1.70 bits per heavy atom. The van der Waals surface area contributed by atoms with Crippen molar-refractivity contribution in [1.82, 2.24) is 0 Å². The molecule has 0 aromatic rings. The molecule has 10 heavy (non-hydrogen) atoms. The second-order valence-corrected chi connectivity index (χ2v) is 6.68. The summed E-state index contributed by atoms with van der Waals surface area (Å²) in [7, 11) is 1.30. The topological polar surface area (TPSA) is 0 Å². The molecule has 0 saturated heterocycles. The van der Waals surface area contributed by atoms with E-state index in [1.807, 2.05) is 0 Å². The lowest BCUT2D eigenvalue weighted by Gasteiger charge is -1.98. The molecule has 58 valence electrons. The predicted octanol–water partition coefficient (Wildman–Crippen LogP) is 0.766. The van der Waals surface area contributed by atoms with Crippen LogP contribution in [0.5, 0.6) is 0 Å². The normalized spacial score (nSPS) is 13.2. The van der Waals surface area contributed by atoms with Crippen molar-refractivity contribution < 1.29 is 0 Å². The molecule has 0 nitrogen and oxygen atoms in total. The van der Waals surface area contributed by atoms with Crippen LogP contribution in [0.2, 0.25) is 6.04 Å². The Bertz CT molecular complexity index is 136. The smallest absolute Gasteiger partial charge is 0.0490 e. The van der Waals surface area contributed by atoms with Crippen LogP contribution >= 0.6 is 0 Å². The molecule has 0 rings (SSSR count). The third kappa shape index (κ3) is 6.04. The van der Waals surface area contributed by atoms with Gasteiger partial charge >= 0.3 is 0 Å². The van der Waals surface area contributed by atoms with Crippen LogP contribution in [0.1, 0.15) is 20.3 Å². The van der Waals surface area contributed by atoms with Gasteiger partial charge in [0.05, 0.1) is 0 Å². The van der Waals surface area contributed by atoms with Gasteiger partial charge in [-0.05, 0) is 20.3 Å². The molecule has 0 aromatic heterocycles. The van der Waals surface area contributed by atoms with E-state index in [0.717, 1.165) is 0 Å². The fraction of sp³-hybridized carbons (Fsp3) is 0.500. The Kier molecular flexibility index (Phi) is 5.63. The van der Waals surface area contributed by atoms with E-state index in [4.69, 9.17) is 0 Å². The van der Waals surface area contributed by atoms with E-state index >= 15 is 0 Å². The highest BCUT2D eigenvalue weighted by molar-refractivity contribution is 6.45. The van der Waals surface area contributed by atoms with E-state index in [1.54, 1.807) is 5.20 Å². The van der Waals surface area contributed by atoms with Crippen LogP contribution < -0.4 is 0 Å². The predicted molar refractivity (Wildman–Crippen MR) is 56.5 cm³/mol. The Balaban J connectivity index is 3.29. The monoisotopic (exact) mass is 170 g/mol. The van der Waals surface area contributed by atoms with Gasteiger partial charge in [0.15, 0.2) is 0 Å². The molecular formula is C8H18Si2. The minimum absolute atomic E-state index is 0.115. The summed E-state index contributed by atoms with van der Waals surface area (Å²) in [5.74, 6) is 0. The first-order chi connectivity index (χ1) is 4.66. The summed E-state index contributed by atoms with van der Waals surface area (Å²) in [5, 5.41) is 3.11. The van der Waals surface area contributed by atoms with Crippen LogP contribution in [-0.4, -0.2) is 19.8 Å². The molecule has 0 bridgehead atoms. The molecule has 0 fully saturated rings. The largest absolute Gasteiger partial charge is 0.105 e. The van der Waals surface area contributed by atoms with Crippen LogP contribution in [0, 0.1) is 0 Å². The molecule has 0 atom stereocenters. The summed E-state index contributed by atoms with van der Waals surface area (Å²) in [4.78, 5) is 0. The van der Waals surface area contributed by atoms with Crippen molar-refractivity contribution in [1.29, 1.82) is 0 Å². The van der Waals surface area contributed by atoms with Gasteiger partial charge in [-0.25, -0.2) is 0 Å². The van der Waals surface area contributed by atoms with Gasteiger partial charge in [-0.2, -0.15) is 0 Å². The lowest BCUT2D eigenvalue weighted by molar-refractivity contribution is 1.18. The van der Waals surface area contributed by atoms with E-state index in [2.05, 4.69) is 26.5 Å². The van der Waals surface area contributed by atoms with Crippen LogP contribution in [-0.2, 0) is 0 Å². The van der Waals surface area contributed by atoms with Crippen molar-refractivity contribution in [3.8, 4) is 0 Å². The molecule has 0 aliphatic carbocycles. The van der Waals surface area contributed by atoms with E-state index < -0.39 is 0 Å². The first-order valence-corrected chi connectivity index (χ1v) is 6.63. The molecule has 0 aromatic carbocycles. The first kappa shape index (κ1) is 9.91. The third-order valence-corrected chi connectivity index (χ3v) is 4.07. The summed E-state index contributed by atoms with van der Waals surface area (Å²) in [6.07, 6.45) is 3.55. The molecular weight excluding hydrogens is 152 g/mol. The molecule has 0 aliphatic heterocycles. The maximum absolute atomic E-state index is 3.94. The van der Waals surface area contributed by atoms with Crippen molar-refractivity contribution >= 4 is 19.8 Å². The average molecular weight is 170 g/mol. The molecule has 0 saturated carbocycles. The zero-order chi connectivity index (χ0) is 7.98. The van der Waals surface area contributed by atoms with E-state index in [0.29, 0.717) is 0 Å². The highest BCUT2D eigenvalue weighted by atomic mass is 28.2. The zero-order valence-electron chi connectivity index (χ0n) is 7.41. The summed E-state index contributed by atoms with van der Waals surface area (Å²) in [6.45, 7) is 8.33. The van der Waals surface area contributed by atoms with Crippen molar-refractivity contribution in [3.63, 3.8) is 0 Å². The second kappa shape index (κ2) is 5.68. The number of rotatable bonds is 4. The molecule has 0 radical (unpaired) electrons. The Labute approximate surface area is 69.7 Å². The molecule has 0 spiro atoms. The van der Waals surface area contributed by atoms with E-state index in [9.17, 15) is 0 Å². The number of hydrogen-bond donors (Lipinski definition) is 0. The van der Waals surface area contributed by atoms with Crippen molar-refractivity contribution in [2.24, 2.45) is 0 Å². The van der Waals surface area contributed by atoms with Crippen LogP contribution in [0.4, 0.5) is 0 Å². The quantitative estimate of drug-likeness (QED) is 0.547. The van der Waals surface area contributed by atoms with Gasteiger partial charge in [-0.3, -0.25) is 0 Å². The van der Waals surface area contributed by atoms with Gasteiger partial charge in [-0.1, -0.05) is 22.5 Å². The number of allylic oxidation sites excluding steroid dienone is 3. The van der Waals surface area contributed by atoms with Gasteiger partial charge in [0, 0.05) is 19.8 Å². The maximum atomic E-state index is 3.94. The van der Waals surface area contributed by atoms with E-state index in [1.165, 1.54) is 27.9 Å². The Morgan fingerprint density at radius 2 is 2.30 bits per heavy atom. The first-order valence-electron chi connectivity index (χ1n) is 3.93. The van der Waals surface area contributed by atoms with Gasteiger partial charge in [0.25, 0.3) is 0 Å². The minimum Gasteiger partial charge on any atom is -0.105 e. The standard InChI is InChI=1S/C8H18Si2/c1-4-8(3)10-6-5-7(2)9/h4H,2,5-6,10H2,1,3,9H3. The Hall–Kier alpha value is -0.0862. The van der Waals surface area contributed by atoms with Crippen LogP contribution in [0.15, 0.2) is 23.0 Å². The van der Waals surface area contributed by atoms with Crippen molar-refractivity contribution in [3.05, 3.63) is 23.0 Å². The molecule has 0 unspecified atom stereocenters.